The van der Waals surface area contributed by atoms with Gasteiger partial charge in [0.15, 0.2) is 0 Å². The van der Waals surface area contributed by atoms with Gasteiger partial charge < -0.3 is 25.8 Å². The third-order valence-electron chi connectivity index (χ3n) is 15.1. The third kappa shape index (κ3) is 4.70. The van der Waals surface area contributed by atoms with E-state index >= 15 is 0 Å². The Morgan fingerprint density at radius 3 is 2.60 bits per heavy atom. The topological polar surface area (TPSA) is 95.9 Å². The first kappa shape index (κ1) is 30.7. The summed E-state index contributed by atoms with van der Waals surface area (Å²) in [7, 11) is 0. The zero-order chi connectivity index (χ0) is 31.0. The van der Waals surface area contributed by atoms with Crippen molar-refractivity contribution in [2.45, 2.75) is 133 Å². The fraction of sp³-hybridized carbons (Fsp3) is 0.800. The van der Waals surface area contributed by atoms with Crippen molar-refractivity contribution in [3.63, 3.8) is 0 Å². The number of hydrogen-bond donors (Lipinski definition) is 4. The highest BCUT2D eigenvalue weighted by molar-refractivity contribution is 5.40. The molecule has 0 amide bonds. The molecule has 5 heteroatoms. The van der Waals surface area contributed by atoms with Crippen molar-refractivity contribution in [2.24, 2.45) is 58.5 Å². The first-order chi connectivity index (χ1) is 21.7. The number of aliphatic hydroxyl groups is 2. The molecule has 246 valence electrons. The van der Waals surface area contributed by atoms with E-state index in [-0.39, 0.29) is 36.6 Å². The Morgan fingerprint density at radius 1 is 0.956 bits per heavy atom. The molecule has 0 aromatic heterocycles. The molecule has 1 aromatic rings. The molecule has 6 bridgehead atoms. The van der Waals surface area contributed by atoms with Crippen LogP contribution in [0.1, 0.15) is 114 Å². The van der Waals surface area contributed by atoms with Gasteiger partial charge in [-0.3, -0.25) is 0 Å². The number of nitrogens with two attached hydrogens (primary N) is 1. The second-order valence-corrected chi connectivity index (χ2v) is 17.4. The lowest BCUT2D eigenvalue weighted by molar-refractivity contribution is -0.362. The molecule has 5 N–H and O–H groups in total. The number of phenolic OH excluding ortho intramolecular Hbond substituents is 1. The Bertz CT molecular complexity index is 1340. The van der Waals surface area contributed by atoms with Crippen LogP contribution in [0.2, 0.25) is 0 Å². The summed E-state index contributed by atoms with van der Waals surface area (Å²) in [5.74, 6) is 10.4. The summed E-state index contributed by atoms with van der Waals surface area (Å²) in [6.45, 7) is 2.83. The molecule has 8 aliphatic rings. The molecule has 2 spiro atoms. The number of ether oxygens (including phenoxy) is 1. The number of hydrogen-bond acceptors (Lipinski definition) is 5. The molecule has 2 heterocycles. The van der Waals surface area contributed by atoms with Crippen molar-refractivity contribution < 1.29 is 20.1 Å². The van der Waals surface area contributed by atoms with Crippen LogP contribution in [0.25, 0.3) is 0 Å². The first-order valence-corrected chi connectivity index (χ1v) is 18.7. The van der Waals surface area contributed by atoms with Crippen LogP contribution < -0.4 is 5.73 Å². The highest BCUT2D eigenvalue weighted by Gasteiger charge is 2.76. The molecule has 9 rings (SSSR count). The van der Waals surface area contributed by atoms with Crippen molar-refractivity contribution in [3.8, 4) is 17.6 Å². The van der Waals surface area contributed by atoms with Gasteiger partial charge in [0.25, 0.3) is 0 Å². The molecule has 45 heavy (non-hydrogen) atoms. The highest BCUT2D eigenvalue weighted by atomic mass is 16.5. The van der Waals surface area contributed by atoms with Crippen LogP contribution in [-0.4, -0.2) is 45.3 Å². The molecule has 7 fully saturated rings. The SMILES string of the molecule is CC1(C2CCCC(CCO)C2)OC23CC4CCC(CO)C(N)(C41)C2C#CCc1cc(O)ccc1CC1CC3CC2(CCCC2)C1. The second-order valence-electron chi connectivity index (χ2n) is 17.4. The van der Waals surface area contributed by atoms with Gasteiger partial charge in [-0.25, -0.2) is 0 Å². The Morgan fingerprint density at radius 2 is 1.80 bits per heavy atom. The minimum Gasteiger partial charge on any atom is -0.508 e. The van der Waals surface area contributed by atoms with Crippen LogP contribution in [0.15, 0.2) is 18.2 Å². The third-order valence-corrected chi connectivity index (χ3v) is 15.1. The zero-order valence-corrected chi connectivity index (χ0v) is 27.6. The van der Waals surface area contributed by atoms with E-state index in [1.807, 2.05) is 12.1 Å². The average Bonchev–Trinajstić information content (AvgIpc) is 3.46. The molecule has 6 aliphatic carbocycles. The van der Waals surface area contributed by atoms with Crippen molar-refractivity contribution in [3.05, 3.63) is 29.3 Å². The summed E-state index contributed by atoms with van der Waals surface area (Å²) in [6, 6.07) is 5.97. The number of aliphatic hydroxyl groups excluding tert-OH is 2. The molecule has 11 atom stereocenters. The van der Waals surface area contributed by atoms with Gasteiger partial charge in [-0.05, 0) is 142 Å². The van der Waals surface area contributed by atoms with E-state index in [0.717, 1.165) is 50.5 Å². The van der Waals surface area contributed by atoms with Crippen LogP contribution in [0.4, 0.5) is 0 Å². The Hall–Kier alpha value is -1.58. The van der Waals surface area contributed by atoms with Gasteiger partial charge >= 0.3 is 0 Å². The van der Waals surface area contributed by atoms with E-state index in [1.165, 1.54) is 63.4 Å². The normalized spacial score (nSPS) is 46.4. The first-order valence-electron chi connectivity index (χ1n) is 18.7. The summed E-state index contributed by atoms with van der Waals surface area (Å²) in [4.78, 5) is 0. The molecular formula is C40H57NO4. The molecule has 2 saturated heterocycles. The summed E-state index contributed by atoms with van der Waals surface area (Å²) in [5, 5.41) is 31.4. The van der Waals surface area contributed by atoms with Crippen LogP contribution in [0.5, 0.6) is 5.75 Å². The number of phenols is 1. The van der Waals surface area contributed by atoms with Gasteiger partial charge in [-0.15, -0.1) is 0 Å². The molecule has 5 saturated carbocycles. The van der Waals surface area contributed by atoms with Gasteiger partial charge in [-0.1, -0.05) is 43.6 Å². The predicted octanol–water partition coefficient (Wildman–Crippen LogP) is 6.54. The van der Waals surface area contributed by atoms with E-state index < -0.39 is 11.1 Å². The zero-order valence-electron chi connectivity index (χ0n) is 27.6. The smallest absolute Gasteiger partial charge is 0.115 e. The van der Waals surface area contributed by atoms with Gasteiger partial charge in [-0.2, -0.15) is 0 Å². The molecule has 0 radical (unpaired) electrons. The molecule has 5 nitrogen and oxygen atoms in total. The average molecular weight is 616 g/mol. The fourth-order valence-electron chi connectivity index (χ4n) is 13.6. The van der Waals surface area contributed by atoms with Crippen molar-refractivity contribution in [2.75, 3.05) is 13.2 Å². The lowest BCUT2D eigenvalue weighted by Gasteiger charge is -2.75. The van der Waals surface area contributed by atoms with Crippen LogP contribution in [0.3, 0.4) is 0 Å². The molecular weight excluding hydrogens is 558 g/mol. The lowest BCUT2D eigenvalue weighted by Crippen LogP contribution is -2.84. The Kier molecular flexibility index (Phi) is 7.69. The summed E-state index contributed by atoms with van der Waals surface area (Å²) in [6.07, 6.45) is 19.4. The maximum absolute atomic E-state index is 11.0. The van der Waals surface area contributed by atoms with E-state index in [0.29, 0.717) is 47.2 Å². The summed E-state index contributed by atoms with van der Waals surface area (Å²) >= 11 is 0. The predicted molar refractivity (Wildman–Crippen MR) is 176 cm³/mol. The summed E-state index contributed by atoms with van der Waals surface area (Å²) < 4.78 is 8.02. The maximum atomic E-state index is 11.0. The monoisotopic (exact) mass is 615 g/mol. The minimum absolute atomic E-state index is 0.0269. The van der Waals surface area contributed by atoms with Crippen molar-refractivity contribution in [1.29, 1.82) is 0 Å². The van der Waals surface area contributed by atoms with Crippen LogP contribution in [0, 0.1) is 64.6 Å². The molecule has 11 unspecified atom stereocenters. The van der Waals surface area contributed by atoms with E-state index in [4.69, 9.17) is 10.5 Å². The van der Waals surface area contributed by atoms with Gasteiger partial charge in [0.2, 0.25) is 0 Å². The Labute approximate surface area is 271 Å². The number of aromatic hydroxyl groups is 1. The number of fused-ring (bicyclic) bond motifs is 4. The van der Waals surface area contributed by atoms with Gasteiger partial charge in [0.1, 0.15) is 5.75 Å². The second kappa shape index (κ2) is 11.3. The van der Waals surface area contributed by atoms with E-state index in [2.05, 4.69) is 24.8 Å². The lowest BCUT2D eigenvalue weighted by atomic mass is 9.38. The van der Waals surface area contributed by atoms with Crippen LogP contribution in [-0.2, 0) is 17.6 Å². The van der Waals surface area contributed by atoms with Gasteiger partial charge in [0, 0.05) is 37.0 Å². The van der Waals surface area contributed by atoms with E-state index in [1.54, 1.807) is 0 Å². The Balaban J connectivity index is 1.30. The fourth-order valence-corrected chi connectivity index (χ4v) is 13.6. The number of rotatable bonds is 4. The minimum atomic E-state index is -0.592. The quantitative estimate of drug-likeness (QED) is 0.289. The molecule has 1 aromatic carbocycles. The highest BCUT2D eigenvalue weighted by Crippen LogP contribution is 2.71. The standard InChI is InChI=1S/C40H57NO4/c1-37(31-8-4-6-26(19-31)14-17-42)36-30-10-12-32(25-43)40(36,41)35-9-5-7-28-21-34(44)13-11-29(28)18-27-20-33(39(35,23-30)45-37)24-38(22-27)15-2-3-16-38/h11,13,21,26-27,30-33,35-36,42-44H,2-4,6-8,10,12,14-20,22-25,41H2,1H3. The molecule has 2 aliphatic heterocycles. The van der Waals surface area contributed by atoms with Crippen LogP contribution >= 0.6 is 0 Å². The largest absolute Gasteiger partial charge is 0.508 e. The number of benzene rings is 1. The van der Waals surface area contributed by atoms with Crippen molar-refractivity contribution >= 4 is 0 Å². The van der Waals surface area contributed by atoms with Gasteiger partial charge in [0.05, 0.1) is 17.1 Å². The van der Waals surface area contributed by atoms with E-state index in [9.17, 15) is 15.3 Å². The summed E-state index contributed by atoms with van der Waals surface area (Å²) in [5.41, 5.74) is 9.58. The van der Waals surface area contributed by atoms with Crippen molar-refractivity contribution in [1.82, 2.24) is 0 Å². The maximum Gasteiger partial charge on any atom is 0.115 e.